The molecule has 3 aromatic carbocycles. The minimum absolute atomic E-state index is 0.147. The first kappa shape index (κ1) is 21.8. The Morgan fingerprint density at radius 1 is 0.968 bits per heavy atom. The van der Waals surface area contributed by atoms with Crippen LogP contribution in [0.2, 0.25) is 0 Å². The molecular weight excluding hydrogens is 397 g/mol. The molecule has 0 aliphatic carbocycles. The Morgan fingerprint density at radius 3 is 2.35 bits per heavy atom. The molecule has 160 valence electrons. The molecule has 0 aromatic heterocycles. The zero-order valence-electron chi connectivity index (χ0n) is 17.4. The zero-order chi connectivity index (χ0) is 22.2. The van der Waals surface area contributed by atoms with Crippen molar-refractivity contribution in [2.24, 2.45) is 0 Å². The third kappa shape index (κ3) is 6.30. The number of carbonyl (C=O) groups excluding carboxylic acids is 2. The third-order valence-corrected chi connectivity index (χ3v) is 4.49. The van der Waals surface area contributed by atoms with Gasteiger partial charge in [-0.15, -0.1) is 0 Å². The maximum atomic E-state index is 13.1. The number of nitrogens with one attached hydrogen (secondary N) is 2. The van der Waals surface area contributed by atoms with Crippen molar-refractivity contribution in [3.05, 3.63) is 89.7 Å². The van der Waals surface area contributed by atoms with E-state index < -0.39 is 0 Å². The van der Waals surface area contributed by atoms with E-state index in [1.54, 1.807) is 42.5 Å². The van der Waals surface area contributed by atoms with Gasteiger partial charge in [-0.3, -0.25) is 9.59 Å². The van der Waals surface area contributed by atoms with Crippen LogP contribution in [0.3, 0.4) is 0 Å². The number of anilines is 2. The van der Waals surface area contributed by atoms with E-state index >= 15 is 0 Å². The quantitative estimate of drug-likeness (QED) is 0.580. The molecule has 0 aliphatic rings. The van der Waals surface area contributed by atoms with E-state index in [1.807, 2.05) is 37.2 Å². The number of para-hydroxylation sites is 1. The van der Waals surface area contributed by atoms with Crippen LogP contribution in [0.15, 0.2) is 72.8 Å². The maximum Gasteiger partial charge on any atom is 0.262 e. The van der Waals surface area contributed by atoms with Gasteiger partial charge in [-0.2, -0.15) is 0 Å². The molecule has 0 fully saturated rings. The van der Waals surface area contributed by atoms with E-state index in [-0.39, 0.29) is 30.8 Å². The second-order valence-electron chi connectivity index (χ2n) is 7.09. The van der Waals surface area contributed by atoms with Crippen LogP contribution in [0.1, 0.15) is 15.9 Å². The summed E-state index contributed by atoms with van der Waals surface area (Å²) in [6.45, 7) is 0.110. The fraction of sp³-hybridized carbons (Fsp3) is 0.167. The molecule has 0 radical (unpaired) electrons. The lowest BCUT2D eigenvalue weighted by atomic mass is 10.1. The topological polar surface area (TPSA) is 70.7 Å². The van der Waals surface area contributed by atoms with Gasteiger partial charge in [-0.05, 0) is 48.0 Å². The first-order valence-corrected chi connectivity index (χ1v) is 9.74. The number of halogens is 1. The molecule has 0 aliphatic heterocycles. The molecular formula is C24H24FN3O3. The van der Waals surface area contributed by atoms with Crippen LogP contribution in [0, 0.1) is 5.82 Å². The minimum Gasteiger partial charge on any atom is -0.484 e. The SMILES string of the molecule is CN(C)c1ccc(NC(=O)COc2ccccc2)cc1C(=O)NCc1ccc(F)cc1. The number of hydrogen-bond donors (Lipinski definition) is 2. The normalized spacial score (nSPS) is 10.3. The van der Waals surface area contributed by atoms with Gasteiger partial charge in [0.2, 0.25) is 0 Å². The lowest BCUT2D eigenvalue weighted by molar-refractivity contribution is -0.118. The molecule has 0 saturated heterocycles. The molecule has 0 atom stereocenters. The lowest BCUT2D eigenvalue weighted by Crippen LogP contribution is -2.26. The average Bonchev–Trinajstić information content (AvgIpc) is 2.77. The average molecular weight is 421 g/mol. The Hall–Kier alpha value is -3.87. The van der Waals surface area contributed by atoms with Crippen molar-refractivity contribution in [3.8, 4) is 5.75 Å². The van der Waals surface area contributed by atoms with Crippen molar-refractivity contribution < 1.29 is 18.7 Å². The molecule has 0 heterocycles. The molecule has 3 aromatic rings. The van der Waals surface area contributed by atoms with Crippen LogP contribution in [0.5, 0.6) is 5.75 Å². The van der Waals surface area contributed by atoms with Crippen LogP contribution < -0.4 is 20.3 Å². The van der Waals surface area contributed by atoms with Gasteiger partial charge in [-0.25, -0.2) is 4.39 Å². The van der Waals surface area contributed by atoms with Crippen molar-refractivity contribution >= 4 is 23.2 Å². The molecule has 3 rings (SSSR count). The minimum atomic E-state index is -0.334. The maximum absolute atomic E-state index is 13.1. The van der Waals surface area contributed by atoms with Crippen LogP contribution in [-0.2, 0) is 11.3 Å². The predicted molar refractivity (Wildman–Crippen MR) is 119 cm³/mol. The molecule has 2 N–H and O–H groups in total. The summed E-state index contributed by atoms with van der Waals surface area (Å²) in [6.07, 6.45) is 0. The predicted octanol–water partition coefficient (Wildman–Crippen LogP) is 3.84. The summed E-state index contributed by atoms with van der Waals surface area (Å²) in [5, 5.41) is 5.58. The van der Waals surface area contributed by atoms with E-state index in [2.05, 4.69) is 10.6 Å². The third-order valence-electron chi connectivity index (χ3n) is 4.49. The van der Waals surface area contributed by atoms with Crippen LogP contribution in [0.25, 0.3) is 0 Å². The van der Waals surface area contributed by atoms with Crippen molar-refractivity contribution in [2.75, 3.05) is 30.9 Å². The summed E-state index contributed by atoms with van der Waals surface area (Å²) in [5.74, 6) is -0.366. The molecule has 31 heavy (non-hydrogen) atoms. The summed E-state index contributed by atoms with van der Waals surface area (Å²) in [4.78, 5) is 26.9. The number of carbonyl (C=O) groups is 2. The zero-order valence-corrected chi connectivity index (χ0v) is 17.4. The van der Waals surface area contributed by atoms with E-state index in [1.165, 1.54) is 12.1 Å². The summed E-state index contributed by atoms with van der Waals surface area (Å²) < 4.78 is 18.5. The Balaban J connectivity index is 1.67. The highest BCUT2D eigenvalue weighted by atomic mass is 19.1. The van der Waals surface area contributed by atoms with E-state index in [9.17, 15) is 14.0 Å². The standard InChI is InChI=1S/C24H24FN3O3/c1-28(2)22-13-12-19(27-23(29)16-31-20-6-4-3-5-7-20)14-21(22)24(30)26-15-17-8-10-18(25)11-9-17/h3-14H,15-16H2,1-2H3,(H,26,30)(H,27,29). The number of benzene rings is 3. The number of rotatable bonds is 8. The van der Waals surface area contributed by atoms with Crippen molar-refractivity contribution in [3.63, 3.8) is 0 Å². The van der Waals surface area contributed by atoms with Gasteiger partial charge in [0.05, 0.1) is 5.56 Å². The summed E-state index contributed by atoms with van der Waals surface area (Å²) >= 11 is 0. The van der Waals surface area contributed by atoms with E-state index in [4.69, 9.17) is 4.74 Å². The highest BCUT2D eigenvalue weighted by Crippen LogP contribution is 2.23. The fourth-order valence-electron chi connectivity index (χ4n) is 2.93. The Bertz CT molecular complexity index is 1040. The summed E-state index contributed by atoms with van der Waals surface area (Å²) in [5.41, 5.74) is 2.38. The summed E-state index contributed by atoms with van der Waals surface area (Å²) in [7, 11) is 3.66. The van der Waals surface area contributed by atoms with E-state index in [0.717, 1.165) is 5.56 Å². The molecule has 6 nitrogen and oxygen atoms in total. The van der Waals surface area contributed by atoms with Gasteiger partial charge in [0, 0.05) is 32.0 Å². The van der Waals surface area contributed by atoms with Crippen molar-refractivity contribution in [1.29, 1.82) is 0 Å². The largest absolute Gasteiger partial charge is 0.484 e. The van der Waals surface area contributed by atoms with Gasteiger partial charge in [-0.1, -0.05) is 30.3 Å². The number of ether oxygens (including phenoxy) is 1. The Kier molecular flexibility index (Phi) is 7.22. The molecule has 0 spiro atoms. The van der Waals surface area contributed by atoms with Gasteiger partial charge in [0.1, 0.15) is 11.6 Å². The highest BCUT2D eigenvalue weighted by molar-refractivity contribution is 6.02. The smallest absolute Gasteiger partial charge is 0.262 e. The van der Waals surface area contributed by atoms with Crippen LogP contribution >= 0.6 is 0 Å². The highest BCUT2D eigenvalue weighted by Gasteiger charge is 2.15. The van der Waals surface area contributed by atoms with Crippen molar-refractivity contribution in [1.82, 2.24) is 5.32 Å². The van der Waals surface area contributed by atoms with Gasteiger partial charge in [0.25, 0.3) is 11.8 Å². The number of nitrogens with zero attached hydrogens (tertiary/aromatic N) is 1. The molecule has 7 heteroatoms. The first-order chi connectivity index (χ1) is 14.9. The van der Waals surface area contributed by atoms with Crippen molar-refractivity contribution in [2.45, 2.75) is 6.54 Å². The molecule has 2 amide bonds. The lowest BCUT2D eigenvalue weighted by Gasteiger charge is -2.18. The molecule has 0 bridgehead atoms. The van der Waals surface area contributed by atoms with E-state index in [0.29, 0.717) is 22.7 Å². The Labute approximate surface area is 180 Å². The van der Waals surface area contributed by atoms with Crippen LogP contribution in [0.4, 0.5) is 15.8 Å². The first-order valence-electron chi connectivity index (χ1n) is 9.74. The molecule has 0 saturated carbocycles. The van der Waals surface area contributed by atoms with Gasteiger partial charge >= 0.3 is 0 Å². The Morgan fingerprint density at radius 2 is 1.68 bits per heavy atom. The number of hydrogen-bond acceptors (Lipinski definition) is 4. The second kappa shape index (κ2) is 10.2. The monoisotopic (exact) mass is 421 g/mol. The fourth-order valence-corrected chi connectivity index (χ4v) is 2.93. The second-order valence-corrected chi connectivity index (χ2v) is 7.09. The summed E-state index contributed by atoms with van der Waals surface area (Å²) in [6, 6.07) is 20.1. The van der Waals surface area contributed by atoms with Gasteiger partial charge < -0.3 is 20.3 Å². The molecule has 0 unspecified atom stereocenters. The van der Waals surface area contributed by atoms with Gasteiger partial charge in [0.15, 0.2) is 6.61 Å². The number of amides is 2. The van der Waals surface area contributed by atoms with Crippen LogP contribution in [-0.4, -0.2) is 32.5 Å².